The normalized spacial score (nSPS) is 14.3. The Morgan fingerprint density at radius 1 is 1.44 bits per heavy atom. The van der Waals surface area contributed by atoms with Crippen LogP contribution in [-0.4, -0.2) is 17.7 Å². The maximum atomic E-state index is 11.5. The van der Waals surface area contributed by atoms with Gasteiger partial charge in [0, 0.05) is 0 Å². The standard InChI is InChI=1S/C11H12Cl2O3/c1-3-16-10(14)11(2,15)7-4-5-8(12)9(13)6-7/h4-6,15H,3H2,1-2H3. The molecule has 1 aromatic carbocycles. The van der Waals surface area contributed by atoms with Crippen molar-refractivity contribution in [2.75, 3.05) is 6.61 Å². The van der Waals surface area contributed by atoms with Gasteiger partial charge in [-0.1, -0.05) is 29.3 Å². The fourth-order valence-electron chi connectivity index (χ4n) is 1.19. The summed E-state index contributed by atoms with van der Waals surface area (Å²) in [5.41, 5.74) is -1.37. The van der Waals surface area contributed by atoms with Crippen molar-refractivity contribution in [2.24, 2.45) is 0 Å². The Kier molecular flexibility index (Phi) is 4.19. The second kappa shape index (κ2) is 5.04. The zero-order valence-electron chi connectivity index (χ0n) is 8.96. The van der Waals surface area contributed by atoms with E-state index in [-0.39, 0.29) is 11.6 Å². The quantitative estimate of drug-likeness (QED) is 0.853. The average molecular weight is 263 g/mol. The highest BCUT2D eigenvalue weighted by Gasteiger charge is 2.34. The molecule has 0 aliphatic rings. The Balaban J connectivity index is 3.06. The van der Waals surface area contributed by atoms with Crippen molar-refractivity contribution in [3.63, 3.8) is 0 Å². The molecule has 0 bridgehead atoms. The second-order valence-electron chi connectivity index (χ2n) is 3.42. The number of rotatable bonds is 3. The van der Waals surface area contributed by atoms with E-state index in [2.05, 4.69) is 0 Å². The lowest BCUT2D eigenvalue weighted by Crippen LogP contribution is -2.34. The third kappa shape index (κ3) is 2.67. The molecule has 5 heteroatoms. The molecule has 88 valence electrons. The van der Waals surface area contributed by atoms with Crippen LogP contribution < -0.4 is 0 Å². The summed E-state index contributed by atoms with van der Waals surface area (Å²) in [6.07, 6.45) is 0. The molecule has 1 atom stereocenters. The smallest absolute Gasteiger partial charge is 0.342 e. The van der Waals surface area contributed by atoms with Gasteiger partial charge in [-0.05, 0) is 31.5 Å². The van der Waals surface area contributed by atoms with Gasteiger partial charge in [-0.3, -0.25) is 0 Å². The maximum absolute atomic E-state index is 11.5. The first-order valence-electron chi connectivity index (χ1n) is 4.74. The minimum absolute atomic E-state index is 0.205. The number of ether oxygens (including phenoxy) is 1. The summed E-state index contributed by atoms with van der Waals surface area (Å²) in [6, 6.07) is 4.50. The van der Waals surface area contributed by atoms with E-state index >= 15 is 0 Å². The van der Waals surface area contributed by atoms with Crippen molar-refractivity contribution < 1.29 is 14.6 Å². The van der Waals surface area contributed by atoms with Crippen LogP contribution in [0.3, 0.4) is 0 Å². The summed E-state index contributed by atoms with van der Waals surface area (Å²) in [7, 11) is 0. The molecule has 0 aliphatic carbocycles. The predicted molar refractivity (Wildman–Crippen MR) is 62.7 cm³/mol. The largest absolute Gasteiger partial charge is 0.464 e. The molecular weight excluding hydrogens is 251 g/mol. The fraction of sp³-hybridized carbons (Fsp3) is 0.364. The molecule has 0 radical (unpaired) electrons. The van der Waals surface area contributed by atoms with Gasteiger partial charge in [0.2, 0.25) is 0 Å². The van der Waals surface area contributed by atoms with Gasteiger partial charge in [-0.2, -0.15) is 0 Å². The van der Waals surface area contributed by atoms with Crippen molar-refractivity contribution in [2.45, 2.75) is 19.4 Å². The highest BCUT2D eigenvalue weighted by atomic mass is 35.5. The van der Waals surface area contributed by atoms with E-state index in [0.29, 0.717) is 10.6 Å². The molecule has 0 aromatic heterocycles. The van der Waals surface area contributed by atoms with Crippen molar-refractivity contribution >= 4 is 29.2 Å². The maximum Gasteiger partial charge on any atom is 0.342 e. The zero-order chi connectivity index (χ0) is 12.3. The minimum atomic E-state index is -1.72. The molecule has 16 heavy (non-hydrogen) atoms. The highest BCUT2D eigenvalue weighted by molar-refractivity contribution is 6.42. The van der Waals surface area contributed by atoms with Crippen LogP contribution in [0.4, 0.5) is 0 Å². The van der Waals surface area contributed by atoms with Gasteiger partial charge in [0.1, 0.15) is 0 Å². The first kappa shape index (κ1) is 13.3. The van der Waals surface area contributed by atoms with Crippen molar-refractivity contribution in [1.82, 2.24) is 0 Å². The molecule has 0 amide bonds. The van der Waals surface area contributed by atoms with Crippen LogP contribution in [0.1, 0.15) is 19.4 Å². The molecule has 0 heterocycles. The number of hydrogen-bond donors (Lipinski definition) is 1. The molecule has 3 nitrogen and oxygen atoms in total. The van der Waals surface area contributed by atoms with Crippen molar-refractivity contribution in [1.29, 1.82) is 0 Å². The number of benzene rings is 1. The molecular formula is C11H12Cl2O3. The topological polar surface area (TPSA) is 46.5 Å². The fourth-order valence-corrected chi connectivity index (χ4v) is 1.49. The Labute approximate surface area is 104 Å². The van der Waals surface area contributed by atoms with Crippen LogP contribution >= 0.6 is 23.2 Å². The van der Waals surface area contributed by atoms with Gasteiger partial charge in [0.05, 0.1) is 16.7 Å². The van der Waals surface area contributed by atoms with Gasteiger partial charge in [-0.25, -0.2) is 4.79 Å². The lowest BCUT2D eigenvalue weighted by atomic mass is 9.96. The molecule has 1 aromatic rings. The van der Waals surface area contributed by atoms with Crippen LogP contribution in [0, 0.1) is 0 Å². The first-order chi connectivity index (χ1) is 7.39. The van der Waals surface area contributed by atoms with Crippen LogP contribution in [0.5, 0.6) is 0 Å². The van der Waals surface area contributed by atoms with E-state index < -0.39 is 11.6 Å². The van der Waals surface area contributed by atoms with Crippen molar-refractivity contribution in [3.05, 3.63) is 33.8 Å². The third-order valence-electron chi connectivity index (χ3n) is 2.15. The zero-order valence-corrected chi connectivity index (χ0v) is 10.5. The molecule has 0 aliphatic heterocycles. The molecule has 0 spiro atoms. The van der Waals surface area contributed by atoms with E-state index in [0.717, 1.165) is 0 Å². The van der Waals surface area contributed by atoms with Crippen LogP contribution in [0.2, 0.25) is 10.0 Å². The number of aliphatic hydroxyl groups is 1. The molecule has 1 N–H and O–H groups in total. The summed E-state index contributed by atoms with van der Waals surface area (Å²) >= 11 is 11.5. The van der Waals surface area contributed by atoms with E-state index in [1.165, 1.54) is 25.1 Å². The first-order valence-corrected chi connectivity index (χ1v) is 5.50. The summed E-state index contributed by atoms with van der Waals surface area (Å²) in [5, 5.41) is 10.7. The Morgan fingerprint density at radius 3 is 2.56 bits per heavy atom. The predicted octanol–water partition coefficient (Wildman–Crippen LogP) is 2.76. The second-order valence-corrected chi connectivity index (χ2v) is 4.24. The van der Waals surface area contributed by atoms with Crippen LogP contribution in [0.25, 0.3) is 0 Å². The van der Waals surface area contributed by atoms with Gasteiger partial charge in [-0.15, -0.1) is 0 Å². The SMILES string of the molecule is CCOC(=O)C(C)(O)c1ccc(Cl)c(Cl)c1. The molecule has 0 saturated heterocycles. The number of carbonyl (C=O) groups excluding carboxylic acids is 1. The molecule has 1 unspecified atom stereocenters. The molecule has 0 saturated carbocycles. The summed E-state index contributed by atoms with van der Waals surface area (Å²) in [6.45, 7) is 3.23. The number of carbonyl (C=O) groups is 1. The lowest BCUT2D eigenvalue weighted by molar-refractivity contribution is -0.164. The van der Waals surface area contributed by atoms with Gasteiger partial charge < -0.3 is 9.84 Å². The Morgan fingerprint density at radius 2 is 2.06 bits per heavy atom. The van der Waals surface area contributed by atoms with Crippen LogP contribution in [-0.2, 0) is 15.1 Å². The van der Waals surface area contributed by atoms with Crippen molar-refractivity contribution in [3.8, 4) is 0 Å². The lowest BCUT2D eigenvalue weighted by Gasteiger charge is -2.21. The highest BCUT2D eigenvalue weighted by Crippen LogP contribution is 2.29. The number of halogens is 2. The summed E-state index contributed by atoms with van der Waals surface area (Å²) in [4.78, 5) is 11.5. The van der Waals surface area contributed by atoms with E-state index in [1.54, 1.807) is 6.92 Å². The number of esters is 1. The number of hydrogen-bond acceptors (Lipinski definition) is 3. The van der Waals surface area contributed by atoms with E-state index in [1.807, 2.05) is 0 Å². The Bertz CT molecular complexity index is 402. The third-order valence-corrected chi connectivity index (χ3v) is 2.89. The minimum Gasteiger partial charge on any atom is -0.464 e. The molecule has 1 rings (SSSR count). The van der Waals surface area contributed by atoms with Crippen LogP contribution in [0.15, 0.2) is 18.2 Å². The summed E-state index contributed by atoms with van der Waals surface area (Å²) < 4.78 is 4.77. The summed E-state index contributed by atoms with van der Waals surface area (Å²) in [5.74, 6) is -0.714. The van der Waals surface area contributed by atoms with Gasteiger partial charge in [0.25, 0.3) is 0 Å². The van der Waals surface area contributed by atoms with Gasteiger partial charge in [0.15, 0.2) is 5.60 Å². The molecule has 0 fully saturated rings. The van der Waals surface area contributed by atoms with Gasteiger partial charge >= 0.3 is 5.97 Å². The van der Waals surface area contributed by atoms with E-state index in [9.17, 15) is 9.90 Å². The van der Waals surface area contributed by atoms with E-state index in [4.69, 9.17) is 27.9 Å². The average Bonchev–Trinajstić information content (AvgIpc) is 2.22. The monoisotopic (exact) mass is 262 g/mol. The Hall–Kier alpha value is -0.770.